The predicted octanol–water partition coefficient (Wildman–Crippen LogP) is 3.77. The molecule has 2 aliphatic rings. The SMILES string of the molecule is Cc1cc2c3c(c1)c1c(n3CC(c3ccc(C)nc3)O2)CCN(C)C1. The maximum atomic E-state index is 6.44. The standard InChI is InChI=1S/C21H23N3O/c1-13-8-16-17-11-23(3)7-6-18(17)24-12-20(25-19(9-13)21(16)24)15-5-4-14(2)22-10-15/h4-5,8-10,20H,6-7,11-12H2,1-3H3. The van der Waals surface area contributed by atoms with Gasteiger partial charge < -0.3 is 14.2 Å². The van der Waals surface area contributed by atoms with E-state index < -0.39 is 0 Å². The summed E-state index contributed by atoms with van der Waals surface area (Å²) in [5.74, 6) is 1.02. The molecule has 5 rings (SSSR count). The highest BCUT2D eigenvalue weighted by Gasteiger charge is 2.30. The number of nitrogens with zero attached hydrogens (tertiary/aromatic N) is 3. The van der Waals surface area contributed by atoms with Gasteiger partial charge in [0, 0.05) is 48.0 Å². The van der Waals surface area contributed by atoms with Crippen LogP contribution >= 0.6 is 0 Å². The predicted molar refractivity (Wildman–Crippen MR) is 99.1 cm³/mol. The second-order valence-corrected chi connectivity index (χ2v) is 7.52. The first-order valence-electron chi connectivity index (χ1n) is 9.02. The number of fused-ring (bicyclic) bond motifs is 3. The summed E-state index contributed by atoms with van der Waals surface area (Å²) >= 11 is 0. The highest BCUT2D eigenvalue weighted by atomic mass is 16.5. The van der Waals surface area contributed by atoms with E-state index in [9.17, 15) is 0 Å². The van der Waals surface area contributed by atoms with Crippen LogP contribution in [0.25, 0.3) is 10.9 Å². The van der Waals surface area contributed by atoms with Crippen LogP contribution in [0.1, 0.15) is 34.2 Å². The minimum Gasteiger partial charge on any atom is -0.482 e. The van der Waals surface area contributed by atoms with Crippen molar-refractivity contribution in [3.63, 3.8) is 0 Å². The van der Waals surface area contributed by atoms with Gasteiger partial charge in [0.1, 0.15) is 11.9 Å². The van der Waals surface area contributed by atoms with E-state index in [2.05, 4.69) is 52.7 Å². The molecule has 0 saturated carbocycles. The second kappa shape index (κ2) is 5.33. The van der Waals surface area contributed by atoms with Crippen LogP contribution in [0.15, 0.2) is 30.5 Å². The maximum absolute atomic E-state index is 6.44. The lowest BCUT2D eigenvalue weighted by Crippen LogP contribution is -2.28. The van der Waals surface area contributed by atoms with Crippen molar-refractivity contribution >= 4 is 10.9 Å². The molecule has 4 heteroatoms. The van der Waals surface area contributed by atoms with Crippen LogP contribution in [0.3, 0.4) is 0 Å². The van der Waals surface area contributed by atoms with Crippen molar-refractivity contribution in [2.45, 2.75) is 39.5 Å². The number of hydrogen-bond donors (Lipinski definition) is 0. The van der Waals surface area contributed by atoms with Crippen LogP contribution in [-0.2, 0) is 19.5 Å². The van der Waals surface area contributed by atoms with E-state index in [0.29, 0.717) is 0 Å². The van der Waals surface area contributed by atoms with E-state index in [1.165, 1.54) is 27.7 Å². The Labute approximate surface area is 148 Å². The lowest BCUT2D eigenvalue weighted by molar-refractivity contribution is 0.171. The molecular weight excluding hydrogens is 310 g/mol. The van der Waals surface area contributed by atoms with E-state index in [0.717, 1.165) is 43.1 Å². The van der Waals surface area contributed by atoms with Gasteiger partial charge in [0.05, 0.1) is 12.1 Å². The molecule has 2 aromatic heterocycles. The molecule has 0 bridgehead atoms. The Bertz CT molecular complexity index is 971. The summed E-state index contributed by atoms with van der Waals surface area (Å²) in [4.78, 5) is 6.88. The molecular formula is C21H23N3O. The van der Waals surface area contributed by atoms with Crippen LogP contribution < -0.4 is 4.74 Å². The van der Waals surface area contributed by atoms with Gasteiger partial charge in [-0.05, 0) is 50.2 Å². The van der Waals surface area contributed by atoms with Crippen molar-refractivity contribution in [1.82, 2.24) is 14.5 Å². The van der Waals surface area contributed by atoms with Crippen LogP contribution in [0.2, 0.25) is 0 Å². The van der Waals surface area contributed by atoms with Crippen molar-refractivity contribution in [3.8, 4) is 5.75 Å². The van der Waals surface area contributed by atoms with Gasteiger partial charge in [0.2, 0.25) is 0 Å². The highest BCUT2D eigenvalue weighted by molar-refractivity contribution is 5.92. The zero-order valence-electron chi connectivity index (χ0n) is 15.0. The van der Waals surface area contributed by atoms with E-state index >= 15 is 0 Å². The zero-order valence-corrected chi connectivity index (χ0v) is 15.0. The van der Waals surface area contributed by atoms with Gasteiger partial charge >= 0.3 is 0 Å². The van der Waals surface area contributed by atoms with Crippen molar-refractivity contribution in [2.75, 3.05) is 13.6 Å². The maximum Gasteiger partial charge on any atom is 0.144 e. The summed E-state index contributed by atoms with van der Waals surface area (Å²) in [5.41, 5.74) is 7.72. The first kappa shape index (κ1) is 15.0. The monoisotopic (exact) mass is 333 g/mol. The summed E-state index contributed by atoms with van der Waals surface area (Å²) in [6.45, 7) is 7.20. The number of ether oxygens (including phenoxy) is 1. The molecule has 1 unspecified atom stereocenters. The van der Waals surface area contributed by atoms with E-state index in [1.807, 2.05) is 13.1 Å². The molecule has 0 N–H and O–H groups in total. The van der Waals surface area contributed by atoms with Gasteiger partial charge in [-0.15, -0.1) is 0 Å². The molecule has 128 valence electrons. The number of aromatic nitrogens is 2. The number of pyridine rings is 1. The third-order valence-corrected chi connectivity index (χ3v) is 5.57. The Morgan fingerprint density at radius 2 is 2.08 bits per heavy atom. The van der Waals surface area contributed by atoms with Gasteiger partial charge in [0.25, 0.3) is 0 Å². The van der Waals surface area contributed by atoms with Crippen LogP contribution in [0.5, 0.6) is 5.75 Å². The quantitative estimate of drug-likeness (QED) is 0.679. The molecule has 4 nitrogen and oxygen atoms in total. The molecule has 2 aliphatic heterocycles. The first-order chi connectivity index (χ1) is 12.1. The van der Waals surface area contributed by atoms with Gasteiger partial charge in [-0.2, -0.15) is 0 Å². The summed E-state index contributed by atoms with van der Waals surface area (Å²) in [5, 5.41) is 1.37. The number of aryl methyl sites for hydroxylation is 2. The van der Waals surface area contributed by atoms with Crippen molar-refractivity contribution in [1.29, 1.82) is 0 Å². The number of benzene rings is 1. The Morgan fingerprint density at radius 1 is 1.20 bits per heavy atom. The molecule has 3 aromatic rings. The summed E-state index contributed by atoms with van der Waals surface area (Å²) in [6.07, 6.45) is 3.10. The summed E-state index contributed by atoms with van der Waals surface area (Å²) in [6, 6.07) is 8.72. The molecule has 0 amide bonds. The number of likely N-dealkylation sites (N-methyl/N-ethyl adjacent to an activating group) is 1. The highest BCUT2D eigenvalue weighted by Crippen LogP contribution is 2.42. The average molecular weight is 333 g/mol. The summed E-state index contributed by atoms with van der Waals surface area (Å²) in [7, 11) is 2.21. The lowest BCUT2D eigenvalue weighted by Gasteiger charge is -2.29. The molecule has 1 atom stereocenters. The lowest BCUT2D eigenvalue weighted by atomic mass is 10.0. The molecule has 4 heterocycles. The topological polar surface area (TPSA) is 30.3 Å². The Kier molecular flexibility index (Phi) is 3.19. The fourth-order valence-corrected chi connectivity index (χ4v) is 4.31. The van der Waals surface area contributed by atoms with Gasteiger partial charge in [-0.25, -0.2) is 0 Å². The van der Waals surface area contributed by atoms with Crippen molar-refractivity contribution < 1.29 is 4.74 Å². The largest absolute Gasteiger partial charge is 0.482 e. The third kappa shape index (κ3) is 2.28. The fourth-order valence-electron chi connectivity index (χ4n) is 4.31. The summed E-state index contributed by atoms with van der Waals surface area (Å²) < 4.78 is 8.96. The van der Waals surface area contributed by atoms with Crippen LogP contribution in [0.4, 0.5) is 0 Å². The molecule has 0 aliphatic carbocycles. The molecule has 0 fully saturated rings. The Balaban J connectivity index is 1.68. The Hall–Kier alpha value is -2.33. The fraction of sp³-hybridized carbons (Fsp3) is 0.381. The molecule has 0 radical (unpaired) electrons. The molecule has 25 heavy (non-hydrogen) atoms. The van der Waals surface area contributed by atoms with Gasteiger partial charge in [0.15, 0.2) is 0 Å². The van der Waals surface area contributed by atoms with E-state index in [1.54, 1.807) is 0 Å². The van der Waals surface area contributed by atoms with Crippen molar-refractivity contribution in [3.05, 3.63) is 58.5 Å². The smallest absolute Gasteiger partial charge is 0.144 e. The van der Waals surface area contributed by atoms with Crippen LogP contribution in [0, 0.1) is 13.8 Å². The molecule has 1 aromatic carbocycles. The van der Waals surface area contributed by atoms with Crippen molar-refractivity contribution in [2.24, 2.45) is 0 Å². The normalized spacial score (nSPS) is 19.7. The molecule has 0 saturated heterocycles. The zero-order chi connectivity index (χ0) is 17.1. The minimum absolute atomic E-state index is 0.0294. The molecule has 0 spiro atoms. The first-order valence-corrected chi connectivity index (χ1v) is 9.02. The van der Waals surface area contributed by atoms with E-state index in [-0.39, 0.29) is 6.10 Å². The van der Waals surface area contributed by atoms with Gasteiger partial charge in [-0.3, -0.25) is 4.98 Å². The number of hydrogen-bond acceptors (Lipinski definition) is 3. The minimum atomic E-state index is 0.0294. The third-order valence-electron chi connectivity index (χ3n) is 5.57. The van der Waals surface area contributed by atoms with E-state index in [4.69, 9.17) is 4.74 Å². The van der Waals surface area contributed by atoms with Crippen LogP contribution in [-0.4, -0.2) is 28.0 Å². The Morgan fingerprint density at radius 3 is 2.88 bits per heavy atom. The second-order valence-electron chi connectivity index (χ2n) is 7.52. The number of rotatable bonds is 1. The van der Waals surface area contributed by atoms with Gasteiger partial charge in [-0.1, -0.05) is 6.07 Å². The average Bonchev–Trinajstić information content (AvgIpc) is 2.89.